The Labute approximate surface area is 101 Å². The van der Waals surface area contributed by atoms with E-state index in [1.807, 2.05) is 18.2 Å². The first-order valence-corrected chi connectivity index (χ1v) is 5.41. The Morgan fingerprint density at radius 1 is 1.53 bits per heavy atom. The van der Waals surface area contributed by atoms with E-state index >= 15 is 0 Å². The maximum atomic E-state index is 11.7. The third kappa shape index (κ3) is 4.24. The molecule has 0 aliphatic carbocycles. The molecule has 0 unspecified atom stereocenters. The Hall–Kier alpha value is -1.88. The van der Waals surface area contributed by atoms with Gasteiger partial charge in [0.05, 0.1) is 0 Å². The molecule has 17 heavy (non-hydrogen) atoms. The maximum absolute atomic E-state index is 11.7. The van der Waals surface area contributed by atoms with Crippen LogP contribution in [0.1, 0.15) is 10.5 Å². The normalized spacial score (nSPS) is 10.5. The number of pyridine rings is 1. The molecule has 1 rings (SSSR count). The summed E-state index contributed by atoms with van der Waals surface area (Å²) in [7, 11) is 3.40. The average molecular weight is 234 g/mol. The van der Waals surface area contributed by atoms with Gasteiger partial charge in [-0.1, -0.05) is 12.2 Å². The molecule has 5 heteroatoms. The zero-order valence-electron chi connectivity index (χ0n) is 10.2. The van der Waals surface area contributed by atoms with Crippen molar-refractivity contribution in [2.24, 2.45) is 5.73 Å². The van der Waals surface area contributed by atoms with Crippen LogP contribution in [-0.2, 0) is 0 Å². The summed E-state index contributed by atoms with van der Waals surface area (Å²) in [4.78, 5) is 17.2. The van der Waals surface area contributed by atoms with E-state index in [2.05, 4.69) is 10.3 Å². The van der Waals surface area contributed by atoms with Crippen LogP contribution < -0.4 is 11.1 Å². The average Bonchev–Trinajstić information content (AvgIpc) is 2.34. The SMILES string of the molecule is CN(C)C(=O)c1cc(NC/C=C/CN)ccn1. The number of rotatable bonds is 5. The van der Waals surface area contributed by atoms with Gasteiger partial charge < -0.3 is 16.0 Å². The molecule has 0 aliphatic rings. The van der Waals surface area contributed by atoms with E-state index in [0.717, 1.165) is 5.69 Å². The lowest BCUT2D eigenvalue weighted by Gasteiger charge is -2.10. The second-order valence-corrected chi connectivity index (χ2v) is 3.72. The summed E-state index contributed by atoms with van der Waals surface area (Å²) in [5, 5.41) is 3.16. The molecule has 0 radical (unpaired) electrons. The summed E-state index contributed by atoms with van der Waals surface area (Å²) >= 11 is 0. The highest BCUT2D eigenvalue weighted by atomic mass is 16.2. The van der Waals surface area contributed by atoms with Crippen molar-refractivity contribution in [1.82, 2.24) is 9.88 Å². The van der Waals surface area contributed by atoms with Gasteiger partial charge in [-0.25, -0.2) is 0 Å². The van der Waals surface area contributed by atoms with Crippen LogP contribution in [0.5, 0.6) is 0 Å². The number of nitrogens with zero attached hydrogens (tertiary/aromatic N) is 2. The van der Waals surface area contributed by atoms with E-state index in [1.54, 1.807) is 26.4 Å². The molecule has 1 amide bonds. The third-order valence-electron chi connectivity index (χ3n) is 2.11. The van der Waals surface area contributed by atoms with Gasteiger partial charge in [-0.05, 0) is 12.1 Å². The van der Waals surface area contributed by atoms with E-state index in [1.165, 1.54) is 4.90 Å². The van der Waals surface area contributed by atoms with Crippen molar-refractivity contribution in [1.29, 1.82) is 0 Å². The lowest BCUT2D eigenvalue weighted by atomic mass is 10.3. The monoisotopic (exact) mass is 234 g/mol. The molecule has 1 aromatic rings. The van der Waals surface area contributed by atoms with Crippen LogP contribution in [0.3, 0.4) is 0 Å². The molecular weight excluding hydrogens is 216 g/mol. The summed E-state index contributed by atoms with van der Waals surface area (Å²) < 4.78 is 0. The quantitative estimate of drug-likeness (QED) is 0.736. The van der Waals surface area contributed by atoms with Gasteiger partial charge in [0.25, 0.3) is 5.91 Å². The summed E-state index contributed by atoms with van der Waals surface area (Å²) in [6, 6.07) is 3.56. The maximum Gasteiger partial charge on any atom is 0.272 e. The Kier molecular flexibility index (Phi) is 5.16. The molecular formula is C12H18N4O. The molecule has 0 aliphatic heterocycles. The van der Waals surface area contributed by atoms with Gasteiger partial charge >= 0.3 is 0 Å². The van der Waals surface area contributed by atoms with Gasteiger partial charge in [0.15, 0.2) is 0 Å². The van der Waals surface area contributed by atoms with Gasteiger partial charge in [-0.15, -0.1) is 0 Å². The van der Waals surface area contributed by atoms with Crippen LogP contribution in [0.2, 0.25) is 0 Å². The van der Waals surface area contributed by atoms with Gasteiger partial charge in [0.1, 0.15) is 5.69 Å². The summed E-state index contributed by atoms with van der Waals surface area (Å²) in [6.07, 6.45) is 5.43. The molecule has 92 valence electrons. The smallest absolute Gasteiger partial charge is 0.272 e. The lowest BCUT2D eigenvalue weighted by molar-refractivity contribution is 0.0822. The topological polar surface area (TPSA) is 71.2 Å². The fraction of sp³-hybridized carbons (Fsp3) is 0.333. The molecule has 0 fully saturated rings. The van der Waals surface area contributed by atoms with Crippen LogP contribution in [0.15, 0.2) is 30.5 Å². The number of anilines is 1. The van der Waals surface area contributed by atoms with Crippen molar-refractivity contribution in [3.8, 4) is 0 Å². The van der Waals surface area contributed by atoms with Crippen molar-refractivity contribution < 1.29 is 4.79 Å². The van der Waals surface area contributed by atoms with Crippen LogP contribution in [0.25, 0.3) is 0 Å². The first kappa shape index (κ1) is 13.2. The molecule has 0 atom stereocenters. The van der Waals surface area contributed by atoms with Crippen molar-refractivity contribution in [3.05, 3.63) is 36.2 Å². The molecule has 0 saturated heterocycles. The van der Waals surface area contributed by atoms with Crippen LogP contribution >= 0.6 is 0 Å². The predicted molar refractivity (Wildman–Crippen MR) is 68.9 cm³/mol. The van der Waals surface area contributed by atoms with E-state index < -0.39 is 0 Å². The summed E-state index contributed by atoms with van der Waals surface area (Å²) in [5.74, 6) is -0.105. The molecule has 0 bridgehead atoms. The fourth-order valence-corrected chi connectivity index (χ4v) is 1.24. The molecule has 0 spiro atoms. The number of carbonyl (C=O) groups is 1. The number of amides is 1. The first-order chi connectivity index (χ1) is 8.15. The minimum Gasteiger partial charge on any atom is -0.381 e. The van der Waals surface area contributed by atoms with Crippen molar-refractivity contribution in [2.45, 2.75) is 0 Å². The van der Waals surface area contributed by atoms with Crippen molar-refractivity contribution in [2.75, 3.05) is 32.5 Å². The number of hydrogen-bond acceptors (Lipinski definition) is 4. The second kappa shape index (κ2) is 6.65. The number of hydrogen-bond donors (Lipinski definition) is 2. The fourth-order valence-electron chi connectivity index (χ4n) is 1.24. The Balaban J connectivity index is 2.66. The predicted octanol–water partition coefficient (Wildman–Crippen LogP) is 0.710. The Bertz CT molecular complexity index is 401. The first-order valence-electron chi connectivity index (χ1n) is 5.41. The molecule has 5 nitrogen and oxygen atoms in total. The minimum absolute atomic E-state index is 0.105. The second-order valence-electron chi connectivity index (χ2n) is 3.72. The highest BCUT2D eigenvalue weighted by Crippen LogP contribution is 2.08. The lowest BCUT2D eigenvalue weighted by Crippen LogP contribution is -2.22. The zero-order chi connectivity index (χ0) is 12.7. The molecule has 3 N–H and O–H groups in total. The van der Waals surface area contributed by atoms with Gasteiger partial charge in [-0.2, -0.15) is 0 Å². The largest absolute Gasteiger partial charge is 0.381 e. The minimum atomic E-state index is -0.105. The van der Waals surface area contributed by atoms with Crippen molar-refractivity contribution in [3.63, 3.8) is 0 Å². The van der Waals surface area contributed by atoms with E-state index in [9.17, 15) is 4.79 Å². The standard InChI is InChI=1S/C12H18N4O/c1-16(2)12(17)11-9-10(5-8-15-11)14-7-4-3-6-13/h3-5,8-9H,6-7,13H2,1-2H3,(H,14,15)/b4-3+. The van der Waals surface area contributed by atoms with Gasteiger partial charge in [0, 0.05) is 39.1 Å². The van der Waals surface area contributed by atoms with Crippen molar-refractivity contribution >= 4 is 11.6 Å². The number of aromatic nitrogens is 1. The summed E-state index contributed by atoms with van der Waals surface area (Å²) in [6.45, 7) is 1.21. The van der Waals surface area contributed by atoms with E-state index in [0.29, 0.717) is 18.8 Å². The van der Waals surface area contributed by atoms with E-state index in [-0.39, 0.29) is 5.91 Å². The highest BCUT2D eigenvalue weighted by Gasteiger charge is 2.09. The zero-order valence-corrected chi connectivity index (χ0v) is 10.2. The number of nitrogens with one attached hydrogen (secondary N) is 1. The van der Waals surface area contributed by atoms with E-state index in [4.69, 9.17) is 5.73 Å². The highest BCUT2D eigenvalue weighted by molar-refractivity contribution is 5.92. The van der Waals surface area contributed by atoms with Gasteiger partial charge in [0.2, 0.25) is 0 Å². The third-order valence-corrected chi connectivity index (χ3v) is 2.11. The number of carbonyl (C=O) groups excluding carboxylic acids is 1. The van der Waals surface area contributed by atoms with Gasteiger partial charge in [-0.3, -0.25) is 9.78 Å². The molecule has 0 saturated carbocycles. The Morgan fingerprint density at radius 2 is 2.29 bits per heavy atom. The molecule has 0 aromatic carbocycles. The molecule has 1 aromatic heterocycles. The van der Waals surface area contributed by atoms with Crippen LogP contribution in [0.4, 0.5) is 5.69 Å². The molecule has 1 heterocycles. The number of nitrogens with two attached hydrogens (primary N) is 1. The van der Waals surface area contributed by atoms with Crippen LogP contribution in [-0.4, -0.2) is 43.0 Å². The Morgan fingerprint density at radius 3 is 2.94 bits per heavy atom. The summed E-state index contributed by atoms with van der Waals surface area (Å²) in [5.41, 5.74) is 6.63. The van der Waals surface area contributed by atoms with Crippen LogP contribution in [0, 0.1) is 0 Å².